The number of hydrogen-bond acceptors (Lipinski definition) is 4. The minimum Gasteiger partial charge on any atom is -0.493 e. The number of methoxy groups -OCH3 is 2. The third-order valence-corrected chi connectivity index (χ3v) is 3.52. The Bertz CT molecular complexity index is 745. The highest BCUT2D eigenvalue weighted by Gasteiger charge is 2.08. The Balaban J connectivity index is 2.00. The molecule has 0 unspecified atom stereocenters. The maximum absolute atomic E-state index is 13.6. The second-order valence-electron chi connectivity index (χ2n) is 4.79. The van der Waals surface area contributed by atoms with Crippen molar-refractivity contribution in [3.05, 3.63) is 58.4 Å². The first-order valence-electron chi connectivity index (χ1n) is 7.02. The van der Waals surface area contributed by atoms with Crippen LogP contribution in [0.5, 0.6) is 11.5 Å². The number of hydrazone groups is 1. The molecule has 0 spiro atoms. The molecule has 0 aromatic heterocycles. The van der Waals surface area contributed by atoms with Crippen LogP contribution < -0.4 is 14.9 Å². The summed E-state index contributed by atoms with van der Waals surface area (Å²) < 4.78 is 23.9. The number of nitrogens with one attached hydrogen (secondary N) is 1. The molecule has 0 heterocycles. The molecule has 0 saturated heterocycles. The number of amides is 1. The third kappa shape index (κ3) is 4.45. The van der Waals surface area contributed by atoms with Crippen LogP contribution in [0.3, 0.4) is 0 Å². The van der Waals surface area contributed by atoms with Crippen LogP contribution in [0.2, 0.25) is 5.02 Å². The normalized spacial score (nSPS) is 10.7. The fraction of sp³-hybridized carbons (Fsp3) is 0.176. The van der Waals surface area contributed by atoms with Gasteiger partial charge in [-0.1, -0.05) is 23.7 Å². The molecular formula is C17H16ClFN2O3. The van der Waals surface area contributed by atoms with Crippen LogP contribution >= 0.6 is 11.6 Å². The van der Waals surface area contributed by atoms with E-state index in [-0.39, 0.29) is 22.9 Å². The van der Waals surface area contributed by atoms with E-state index in [9.17, 15) is 9.18 Å². The zero-order valence-corrected chi connectivity index (χ0v) is 13.9. The van der Waals surface area contributed by atoms with Gasteiger partial charge >= 0.3 is 0 Å². The smallest absolute Gasteiger partial charge is 0.244 e. The predicted octanol–water partition coefficient (Wildman–Crippen LogP) is 3.19. The monoisotopic (exact) mass is 350 g/mol. The minimum atomic E-state index is -0.514. The molecule has 0 atom stereocenters. The van der Waals surface area contributed by atoms with Crippen LogP contribution in [-0.2, 0) is 11.2 Å². The van der Waals surface area contributed by atoms with Gasteiger partial charge < -0.3 is 9.47 Å². The van der Waals surface area contributed by atoms with Crippen LogP contribution in [0.4, 0.5) is 4.39 Å². The van der Waals surface area contributed by atoms with Crippen LogP contribution in [0.1, 0.15) is 11.1 Å². The van der Waals surface area contributed by atoms with Crippen molar-refractivity contribution in [2.24, 2.45) is 5.10 Å². The number of ether oxygens (including phenoxy) is 2. The minimum absolute atomic E-state index is 0.0860. The van der Waals surface area contributed by atoms with Gasteiger partial charge in [-0.15, -0.1) is 0 Å². The zero-order chi connectivity index (χ0) is 17.5. The average molecular weight is 351 g/mol. The van der Waals surface area contributed by atoms with E-state index in [0.29, 0.717) is 11.5 Å². The Kier molecular flexibility index (Phi) is 6.14. The number of carbonyl (C=O) groups excluding carboxylic acids is 1. The number of benzene rings is 2. The van der Waals surface area contributed by atoms with Crippen molar-refractivity contribution < 1.29 is 18.7 Å². The van der Waals surface area contributed by atoms with Crippen molar-refractivity contribution in [1.82, 2.24) is 5.43 Å². The lowest BCUT2D eigenvalue weighted by atomic mass is 10.1. The Morgan fingerprint density at radius 3 is 2.67 bits per heavy atom. The van der Waals surface area contributed by atoms with Gasteiger partial charge in [-0.3, -0.25) is 4.79 Å². The van der Waals surface area contributed by atoms with Crippen LogP contribution in [0.25, 0.3) is 0 Å². The Morgan fingerprint density at radius 2 is 2.00 bits per heavy atom. The highest BCUT2D eigenvalue weighted by atomic mass is 35.5. The van der Waals surface area contributed by atoms with Crippen LogP contribution in [0.15, 0.2) is 41.5 Å². The summed E-state index contributed by atoms with van der Waals surface area (Å²) in [6, 6.07) is 9.46. The van der Waals surface area contributed by atoms with Crippen LogP contribution in [-0.4, -0.2) is 26.3 Å². The standard InChI is InChI=1S/C17H16ClFN2O3/c1-23-15-7-6-11(8-16(15)24-2)9-17(22)21-20-10-12-13(18)4-3-5-14(12)19/h3-8,10H,9H2,1-2H3,(H,21,22)/b20-10+. The molecular weight excluding hydrogens is 335 g/mol. The van der Waals surface area contributed by atoms with Crippen molar-refractivity contribution in [1.29, 1.82) is 0 Å². The van der Waals surface area contributed by atoms with E-state index in [2.05, 4.69) is 10.5 Å². The van der Waals surface area contributed by atoms with Crippen molar-refractivity contribution in [3.8, 4) is 11.5 Å². The summed E-state index contributed by atoms with van der Waals surface area (Å²) in [5, 5.41) is 3.95. The van der Waals surface area contributed by atoms with Gasteiger partial charge in [0.15, 0.2) is 11.5 Å². The van der Waals surface area contributed by atoms with Gasteiger partial charge in [0, 0.05) is 5.56 Å². The number of carbonyl (C=O) groups is 1. The molecule has 1 N–H and O–H groups in total. The lowest BCUT2D eigenvalue weighted by molar-refractivity contribution is -0.120. The summed E-state index contributed by atoms with van der Waals surface area (Å²) in [6.07, 6.45) is 1.26. The molecule has 5 nitrogen and oxygen atoms in total. The first kappa shape index (κ1) is 17.7. The molecule has 0 radical (unpaired) electrons. The van der Waals surface area contributed by atoms with E-state index in [4.69, 9.17) is 21.1 Å². The maximum Gasteiger partial charge on any atom is 0.244 e. The highest BCUT2D eigenvalue weighted by molar-refractivity contribution is 6.33. The molecule has 2 aromatic carbocycles. The fourth-order valence-corrected chi connectivity index (χ4v) is 2.23. The van der Waals surface area contributed by atoms with E-state index in [1.807, 2.05) is 0 Å². The molecule has 2 aromatic rings. The molecule has 0 bridgehead atoms. The number of halogens is 2. The summed E-state index contributed by atoms with van der Waals surface area (Å²) in [6.45, 7) is 0. The Hall–Kier alpha value is -2.60. The maximum atomic E-state index is 13.6. The largest absolute Gasteiger partial charge is 0.493 e. The Morgan fingerprint density at radius 1 is 1.25 bits per heavy atom. The van der Waals surface area contributed by atoms with Crippen molar-refractivity contribution in [3.63, 3.8) is 0 Å². The number of rotatable bonds is 6. The summed E-state index contributed by atoms with van der Waals surface area (Å²) in [5.41, 5.74) is 3.18. The third-order valence-electron chi connectivity index (χ3n) is 3.20. The quantitative estimate of drug-likeness (QED) is 0.643. The molecule has 1 amide bonds. The van der Waals surface area contributed by atoms with E-state index in [1.54, 1.807) is 18.2 Å². The van der Waals surface area contributed by atoms with Crippen molar-refractivity contribution >= 4 is 23.7 Å². The lowest BCUT2D eigenvalue weighted by Crippen LogP contribution is -2.19. The van der Waals surface area contributed by atoms with Gasteiger partial charge in [0.1, 0.15) is 5.82 Å². The van der Waals surface area contributed by atoms with Crippen LogP contribution in [0, 0.1) is 5.82 Å². The number of nitrogens with zero attached hydrogens (tertiary/aromatic N) is 1. The van der Waals surface area contributed by atoms with Gasteiger partial charge in [-0.2, -0.15) is 5.10 Å². The average Bonchev–Trinajstić information content (AvgIpc) is 2.57. The lowest BCUT2D eigenvalue weighted by Gasteiger charge is -2.09. The van der Waals surface area contributed by atoms with Gasteiger partial charge in [-0.25, -0.2) is 9.82 Å². The van der Waals surface area contributed by atoms with Gasteiger partial charge in [0.05, 0.1) is 31.9 Å². The summed E-state index contributed by atoms with van der Waals surface area (Å²) >= 11 is 5.87. The topological polar surface area (TPSA) is 59.9 Å². The molecule has 0 saturated carbocycles. The van der Waals surface area contributed by atoms with E-state index < -0.39 is 5.82 Å². The summed E-state index contributed by atoms with van der Waals surface area (Å²) in [4.78, 5) is 11.9. The van der Waals surface area contributed by atoms with E-state index >= 15 is 0 Å². The van der Waals surface area contributed by atoms with Gasteiger partial charge in [0.2, 0.25) is 5.91 Å². The molecule has 126 valence electrons. The van der Waals surface area contributed by atoms with Crippen molar-refractivity contribution in [2.45, 2.75) is 6.42 Å². The highest BCUT2D eigenvalue weighted by Crippen LogP contribution is 2.27. The fourth-order valence-electron chi connectivity index (χ4n) is 2.02. The van der Waals surface area contributed by atoms with E-state index in [1.165, 1.54) is 38.6 Å². The SMILES string of the molecule is COc1ccc(CC(=O)N/N=C/c2c(F)cccc2Cl)cc1OC. The molecule has 0 aliphatic carbocycles. The second kappa shape index (κ2) is 8.31. The van der Waals surface area contributed by atoms with Gasteiger partial charge in [-0.05, 0) is 29.8 Å². The van der Waals surface area contributed by atoms with Crippen molar-refractivity contribution in [2.75, 3.05) is 14.2 Å². The Labute approximate surface area is 144 Å². The number of hydrogen-bond donors (Lipinski definition) is 1. The van der Waals surface area contributed by atoms with Gasteiger partial charge in [0.25, 0.3) is 0 Å². The molecule has 7 heteroatoms. The van der Waals surface area contributed by atoms with E-state index in [0.717, 1.165) is 5.56 Å². The molecule has 2 rings (SSSR count). The molecule has 0 aliphatic rings. The summed E-state index contributed by atoms with van der Waals surface area (Å²) in [5.74, 6) is 0.240. The molecule has 0 aliphatic heterocycles. The zero-order valence-electron chi connectivity index (χ0n) is 13.2. The first-order chi connectivity index (χ1) is 11.5. The molecule has 24 heavy (non-hydrogen) atoms. The predicted molar refractivity (Wildman–Crippen MR) is 90.4 cm³/mol. The second-order valence-corrected chi connectivity index (χ2v) is 5.20. The molecule has 0 fully saturated rings. The summed E-state index contributed by atoms with van der Waals surface area (Å²) in [7, 11) is 3.05. The first-order valence-corrected chi connectivity index (χ1v) is 7.39.